The van der Waals surface area contributed by atoms with Crippen molar-refractivity contribution in [2.24, 2.45) is 5.14 Å². The first-order valence-corrected chi connectivity index (χ1v) is 8.35. The fourth-order valence-corrected chi connectivity index (χ4v) is 2.73. The fraction of sp³-hybridized carbons (Fsp3) is 0.462. The lowest BCUT2D eigenvalue weighted by atomic mass is 10.3. The van der Waals surface area contributed by atoms with Crippen LogP contribution in [-0.4, -0.2) is 51.9 Å². The van der Waals surface area contributed by atoms with Crippen LogP contribution in [-0.2, 0) is 14.8 Å². The molecule has 116 valence electrons. The summed E-state index contributed by atoms with van der Waals surface area (Å²) in [5.74, 6) is -0.139. The van der Waals surface area contributed by atoms with E-state index in [1.54, 1.807) is 12.1 Å². The Morgan fingerprint density at radius 3 is 2.71 bits per heavy atom. The smallest absolute Gasteiger partial charge is 0.238 e. The van der Waals surface area contributed by atoms with Gasteiger partial charge in [0.25, 0.3) is 0 Å². The number of nitrogens with zero attached hydrogens (tertiary/aromatic N) is 1. The zero-order valence-electron chi connectivity index (χ0n) is 11.7. The van der Waals surface area contributed by atoms with Crippen LogP contribution >= 0.6 is 0 Å². The lowest BCUT2D eigenvalue weighted by Gasteiger charge is -2.26. The molecule has 0 radical (unpaired) electrons. The van der Waals surface area contributed by atoms with E-state index < -0.39 is 10.0 Å². The summed E-state index contributed by atoms with van der Waals surface area (Å²) in [6.07, 6.45) is 0.375. The number of nitrogens with two attached hydrogens (primary N) is 1. The Labute approximate surface area is 124 Å². The Kier molecular flexibility index (Phi) is 5.29. The van der Waals surface area contributed by atoms with Gasteiger partial charge in [-0.15, -0.1) is 0 Å². The van der Waals surface area contributed by atoms with Crippen LogP contribution in [0.15, 0.2) is 29.2 Å². The van der Waals surface area contributed by atoms with E-state index in [1.807, 2.05) is 0 Å². The van der Waals surface area contributed by atoms with Crippen molar-refractivity contribution in [2.75, 3.05) is 38.0 Å². The second-order valence-electron chi connectivity index (χ2n) is 4.96. The van der Waals surface area contributed by atoms with Gasteiger partial charge in [0.05, 0.1) is 4.90 Å². The maximum Gasteiger partial charge on any atom is 0.238 e. The molecule has 2 rings (SSSR count). The molecule has 1 aromatic rings. The largest absolute Gasteiger partial charge is 0.326 e. The Hall–Kier alpha value is -1.48. The molecular formula is C13H20N4O3S. The van der Waals surface area contributed by atoms with Gasteiger partial charge in [0.15, 0.2) is 0 Å². The molecule has 0 unspecified atom stereocenters. The summed E-state index contributed by atoms with van der Waals surface area (Å²) in [4.78, 5) is 14.1. The molecule has 7 nitrogen and oxygen atoms in total. The molecule has 1 fully saturated rings. The normalized spacial score (nSPS) is 16.6. The number of carbonyl (C=O) groups is 1. The van der Waals surface area contributed by atoms with Crippen LogP contribution in [0.5, 0.6) is 0 Å². The van der Waals surface area contributed by atoms with E-state index in [0.717, 1.165) is 26.2 Å². The maximum atomic E-state index is 11.9. The zero-order valence-corrected chi connectivity index (χ0v) is 12.5. The van der Waals surface area contributed by atoms with Crippen molar-refractivity contribution >= 4 is 21.6 Å². The van der Waals surface area contributed by atoms with E-state index >= 15 is 0 Å². The predicted molar refractivity (Wildman–Crippen MR) is 80.4 cm³/mol. The van der Waals surface area contributed by atoms with Crippen LogP contribution in [0.3, 0.4) is 0 Å². The number of primary sulfonamides is 1. The highest BCUT2D eigenvalue weighted by Gasteiger charge is 2.12. The fourth-order valence-electron chi connectivity index (χ4n) is 2.17. The topological polar surface area (TPSA) is 105 Å². The number of hydrogen-bond donors (Lipinski definition) is 3. The Morgan fingerprint density at radius 2 is 2.05 bits per heavy atom. The number of benzene rings is 1. The van der Waals surface area contributed by atoms with Gasteiger partial charge in [0, 0.05) is 44.8 Å². The first-order valence-electron chi connectivity index (χ1n) is 6.81. The van der Waals surface area contributed by atoms with Crippen LogP contribution in [0.1, 0.15) is 6.42 Å². The van der Waals surface area contributed by atoms with Gasteiger partial charge in [0.2, 0.25) is 15.9 Å². The lowest BCUT2D eigenvalue weighted by molar-refractivity contribution is -0.116. The lowest BCUT2D eigenvalue weighted by Crippen LogP contribution is -2.44. The van der Waals surface area contributed by atoms with Crippen LogP contribution in [0, 0.1) is 0 Å². The average molecular weight is 312 g/mol. The molecule has 0 aromatic heterocycles. The highest BCUT2D eigenvalue weighted by atomic mass is 32.2. The number of rotatable bonds is 5. The summed E-state index contributed by atoms with van der Waals surface area (Å²) in [5, 5.41) is 11.0. The van der Waals surface area contributed by atoms with Crippen LogP contribution in [0.25, 0.3) is 0 Å². The van der Waals surface area contributed by atoms with Crippen molar-refractivity contribution in [3.05, 3.63) is 24.3 Å². The number of sulfonamides is 1. The average Bonchev–Trinajstić information content (AvgIpc) is 2.46. The minimum absolute atomic E-state index is 0.0117. The molecule has 0 atom stereocenters. The molecule has 4 N–H and O–H groups in total. The molecule has 1 heterocycles. The van der Waals surface area contributed by atoms with Crippen molar-refractivity contribution in [3.63, 3.8) is 0 Å². The number of anilines is 1. The molecule has 0 aliphatic carbocycles. The number of nitrogens with one attached hydrogen (secondary N) is 2. The van der Waals surface area contributed by atoms with Gasteiger partial charge < -0.3 is 15.5 Å². The van der Waals surface area contributed by atoms with Crippen LogP contribution < -0.4 is 15.8 Å². The Bertz CT molecular complexity index is 597. The predicted octanol–water partition coefficient (Wildman–Crippen LogP) is -0.432. The van der Waals surface area contributed by atoms with E-state index in [2.05, 4.69) is 15.5 Å². The van der Waals surface area contributed by atoms with E-state index in [9.17, 15) is 13.2 Å². The summed E-state index contributed by atoms with van der Waals surface area (Å²) in [7, 11) is -3.76. The highest BCUT2D eigenvalue weighted by molar-refractivity contribution is 7.89. The van der Waals surface area contributed by atoms with Gasteiger partial charge >= 0.3 is 0 Å². The first-order chi connectivity index (χ1) is 9.95. The number of amides is 1. The van der Waals surface area contributed by atoms with Crippen molar-refractivity contribution in [2.45, 2.75) is 11.3 Å². The molecule has 0 spiro atoms. The molecule has 8 heteroatoms. The number of hydrogen-bond acceptors (Lipinski definition) is 5. The second-order valence-corrected chi connectivity index (χ2v) is 6.52. The van der Waals surface area contributed by atoms with E-state index in [1.165, 1.54) is 12.1 Å². The van der Waals surface area contributed by atoms with Gasteiger partial charge in [-0.2, -0.15) is 0 Å². The summed E-state index contributed by atoms with van der Waals surface area (Å²) >= 11 is 0. The van der Waals surface area contributed by atoms with Crippen LogP contribution in [0.2, 0.25) is 0 Å². The summed E-state index contributed by atoms with van der Waals surface area (Å²) in [5.41, 5.74) is 0.437. The first kappa shape index (κ1) is 15.9. The standard InChI is InChI=1S/C13H20N4O3S/c14-21(19,20)12-3-1-2-11(10-12)16-13(18)4-7-17-8-5-15-6-9-17/h1-3,10,15H,4-9H2,(H,16,18)(H2,14,19,20). The number of carbonyl (C=O) groups excluding carboxylic acids is 1. The summed E-state index contributed by atoms with van der Waals surface area (Å²) < 4.78 is 22.5. The third-order valence-corrected chi connectivity index (χ3v) is 4.22. The molecule has 1 aliphatic heterocycles. The van der Waals surface area contributed by atoms with E-state index in [4.69, 9.17) is 5.14 Å². The second kappa shape index (κ2) is 6.99. The minimum atomic E-state index is -3.76. The molecule has 1 aliphatic rings. The summed E-state index contributed by atoms with van der Waals surface area (Å²) in [6.45, 7) is 4.46. The summed E-state index contributed by atoms with van der Waals surface area (Å²) in [6, 6.07) is 5.94. The SMILES string of the molecule is NS(=O)(=O)c1cccc(NC(=O)CCN2CCNCC2)c1. The molecular weight excluding hydrogens is 292 g/mol. The quantitative estimate of drug-likeness (QED) is 0.684. The monoisotopic (exact) mass is 312 g/mol. The third-order valence-electron chi connectivity index (χ3n) is 3.31. The van der Waals surface area contributed by atoms with Crippen molar-refractivity contribution in [1.29, 1.82) is 0 Å². The molecule has 1 saturated heterocycles. The van der Waals surface area contributed by atoms with E-state index in [0.29, 0.717) is 18.7 Å². The minimum Gasteiger partial charge on any atom is -0.326 e. The Balaban J connectivity index is 1.87. The van der Waals surface area contributed by atoms with Gasteiger partial charge in [-0.25, -0.2) is 13.6 Å². The molecule has 21 heavy (non-hydrogen) atoms. The van der Waals surface area contributed by atoms with Crippen molar-refractivity contribution < 1.29 is 13.2 Å². The van der Waals surface area contributed by atoms with Gasteiger partial charge in [-0.05, 0) is 18.2 Å². The molecule has 1 amide bonds. The van der Waals surface area contributed by atoms with Gasteiger partial charge in [-0.1, -0.05) is 6.07 Å². The maximum absolute atomic E-state index is 11.9. The molecule has 0 bridgehead atoms. The number of piperazine rings is 1. The molecule has 0 saturated carbocycles. The van der Waals surface area contributed by atoms with Gasteiger partial charge in [0.1, 0.15) is 0 Å². The van der Waals surface area contributed by atoms with E-state index in [-0.39, 0.29) is 10.8 Å². The zero-order chi connectivity index (χ0) is 15.3. The highest BCUT2D eigenvalue weighted by Crippen LogP contribution is 2.14. The van der Waals surface area contributed by atoms with Crippen LogP contribution in [0.4, 0.5) is 5.69 Å². The van der Waals surface area contributed by atoms with Gasteiger partial charge in [-0.3, -0.25) is 4.79 Å². The Morgan fingerprint density at radius 1 is 1.33 bits per heavy atom. The van der Waals surface area contributed by atoms with Crippen molar-refractivity contribution in [3.8, 4) is 0 Å². The van der Waals surface area contributed by atoms with Crippen molar-refractivity contribution in [1.82, 2.24) is 10.2 Å². The molecule has 1 aromatic carbocycles. The third kappa shape index (κ3) is 5.09.